The number of aromatic nitrogens is 1. The minimum atomic E-state index is -0.977. The van der Waals surface area contributed by atoms with Crippen LogP contribution in [0.2, 0.25) is 5.15 Å². The average Bonchev–Trinajstić information content (AvgIpc) is 3.24. The molecule has 1 aromatic heterocycles. The summed E-state index contributed by atoms with van der Waals surface area (Å²) >= 11 is 8.98. The van der Waals surface area contributed by atoms with Crippen molar-refractivity contribution in [2.45, 2.75) is 19.4 Å². The molecular weight excluding hydrogens is 549 g/mol. The van der Waals surface area contributed by atoms with Crippen LogP contribution in [0.15, 0.2) is 77.9 Å². The number of benzene rings is 3. The van der Waals surface area contributed by atoms with Gasteiger partial charge in [0.05, 0.1) is 28.5 Å². The van der Waals surface area contributed by atoms with E-state index in [-0.39, 0.29) is 11.6 Å². The lowest BCUT2D eigenvalue weighted by molar-refractivity contribution is 0.0697. The van der Waals surface area contributed by atoms with Crippen molar-refractivity contribution >= 4 is 62.5 Å². The maximum Gasteiger partial charge on any atom is 0.335 e. The molecule has 0 spiro atoms. The number of aromatic carboxylic acids is 1. The zero-order valence-corrected chi connectivity index (χ0v) is 20.6. The summed E-state index contributed by atoms with van der Waals surface area (Å²) in [6, 6.07) is 23.0. The van der Waals surface area contributed by atoms with Crippen LogP contribution >= 0.6 is 34.2 Å². The van der Waals surface area contributed by atoms with E-state index in [4.69, 9.17) is 16.7 Å². The number of carboxylic acid groups (broad SMARTS) is 1. The van der Waals surface area contributed by atoms with Gasteiger partial charge in [-0.15, -0.1) is 0 Å². The topological polar surface area (TPSA) is 65.8 Å². The number of hydrogen-bond acceptors (Lipinski definition) is 4. The first-order valence-electron chi connectivity index (χ1n) is 10.4. The smallest absolute Gasteiger partial charge is 0.335 e. The highest BCUT2D eigenvalue weighted by Crippen LogP contribution is 2.40. The van der Waals surface area contributed by atoms with Gasteiger partial charge in [-0.2, -0.15) is 5.10 Å². The highest BCUT2D eigenvalue weighted by molar-refractivity contribution is 14.1. The molecule has 0 saturated carbocycles. The van der Waals surface area contributed by atoms with Crippen molar-refractivity contribution in [3.05, 3.63) is 104 Å². The fourth-order valence-corrected chi connectivity index (χ4v) is 4.72. The molecule has 1 unspecified atom stereocenters. The summed E-state index contributed by atoms with van der Waals surface area (Å²) < 4.78 is 1.15. The molecular formula is C26H19ClIN3O2. The zero-order chi connectivity index (χ0) is 23.1. The molecule has 0 radical (unpaired) electrons. The lowest BCUT2D eigenvalue weighted by Crippen LogP contribution is -2.19. The second kappa shape index (κ2) is 8.76. The molecule has 5 nitrogen and oxygen atoms in total. The summed E-state index contributed by atoms with van der Waals surface area (Å²) in [7, 11) is 0. The van der Waals surface area contributed by atoms with Crippen molar-refractivity contribution in [1.29, 1.82) is 0 Å². The van der Waals surface area contributed by atoms with Crippen LogP contribution in [0.5, 0.6) is 0 Å². The van der Waals surface area contributed by atoms with Gasteiger partial charge in [-0.25, -0.2) is 9.78 Å². The minimum absolute atomic E-state index is 0.211. The number of halogens is 2. The quantitative estimate of drug-likeness (QED) is 0.216. The number of carboxylic acids is 1. The van der Waals surface area contributed by atoms with Gasteiger partial charge in [0.1, 0.15) is 5.15 Å². The van der Waals surface area contributed by atoms with Crippen molar-refractivity contribution in [2.24, 2.45) is 5.10 Å². The summed E-state index contributed by atoms with van der Waals surface area (Å²) in [5.74, 6) is -0.977. The third kappa shape index (κ3) is 4.32. The number of nitrogens with zero attached hydrogens (tertiary/aromatic N) is 3. The molecule has 1 aliphatic rings. The van der Waals surface area contributed by atoms with Gasteiger partial charge >= 0.3 is 5.97 Å². The Balaban J connectivity index is 1.63. The predicted octanol–water partition coefficient (Wildman–Crippen LogP) is 6.86. The number of hydrogen-bond donors (Lipinski definition) is 1. The van der Waals surface area contributed by atoms with Crippen LogP contribution in [0.1, 0.15) is 39.5 Å². The van der Waals surface area contributed by atoms with Gasteiger partial charge in [0.2, 0.25) is 0 Å². The number of rotatable bonds is 4. The third-order valence-electron chi connectivity index (χ3n) is 5.76. The molecule has 33 heavy (non-hydrogen) atoms. The van der Waals surface area contributed by atoms with E-state index in [0.717, 1.165) is 36.9 Å². The van der Waals surface area contributed by atoms with Crippen LogP contribution < -0.4 is 5.01 Å². The molecule has 0 amide bonds. The summed E-state index contributed by atoms with van der Waals surface area (Å²) in [4.78, 5) is 16.2. The van der Waals surface area contributed by atoms with E-state index in [9.17, 15) is 9.90 Å². The lowest BCUT2D eigenvalue weighted by Gasteiger charge is -2.25. The van der Waals surface area contributed by atoms with Gasteiger partial charge in [0.25, 0.3) is 0 Å². The van der Waals surface area contributed by atoms with E-state index >= 15 is 0 Å². The van der Waals surface area contributed by atoms with Crippen LogP contribution in [-0.2, 0) is 0 Å². The second-order valence-electron chi connectivity index (χ2n) is 8.04. The van der Waals surface area contributed by atoms with Crippen LogP contribution in [-0.4, -0.2) is 21.8 Å². The Bertz CT molecular complexity index is 1420. The first kappa shape index (κ1) is 21.9. The largest absolute Gasteiger partial charge is 0.478 e. The van der Waals surface area contributed by atoms with E-state index in [0.29, 0.717) is 17.3 Å². The molecule has 164 valence electrons. The molecule has 0 saturated heterocycles. The summed E-state index contributed by atoms with van der Waals surface area (Å²) in [5, 5.41) is 17.7. The van der Waals surface area contributed by atoms with Gasteiger partial charge in [0, 0.05) is 20.9 Å². The lowest BCUT2D eigenvalue weighted by atomic mass is 9.98. The molecule has 0 fully saturated rings. The summed E-state index contributed by atoms with van der Waals surface area (Å²) in [6.07, 6.45) is 0.622. The normalized spacial score (nSPS) is 15.7. The van der Waals surface area contributed by atoms with E-state index < -0.39 is 5.97 Å². The molecule has 3 aromatic carbocycles. The van der Waals surface area contributed by atoms with Crippen molar-refractivity contribution in [3.63, 3.8) is 0 Å². The van der Waals surface area contributed by atoms with E-state index in [2.05, 4.69) is 51.8 Å². The predicted molar refractivity (Wildman–Crippen MR) is 140 cm³/mol. The summed E-state index contributed by atoms with van der Waals surface area (Å²) in [6.45, 7) is 2.03. The van der Waals surface area contributed by atoms with Crippen molar-refractivity contribution < 1.29 is 9.90 Å². The fourth-order valence-electron chi connectivity index (χ4n) is 4.09. The number of carbonyl (C=O) groups is 1. The third-order valence-corrected chi connectivity index (χ3v) is 6.78. The number of anilines is 1. The molecule has 1 aliphatic heterocycles. The first-order valence-corrected chi connectivity index (χ1v) is 11.9. The fraction of sp³-hybridized carbons (Fsp3) is 0.115. The highest BCUT2D eigenvalue weighted by Gasteiger charge is 2.32. The number of aryl methyl sites for hydroxylation is 1. The minimum Gasteiger partial charge on any atom is -0.478 e. The SMILES string of the molecule is Cc1ccc2cc(C3CC(c4ccc(I)cc4)=NN3c3cccc(C(=O)O)c3)c(Cl)nc2c1. The number of pyridine rings is 1. The number of fused-ring (bicyclic) bond motifs is 1. The van der Waals surface area contributed by atoms with Crippen LogP contribution in [0.3, 0.4) is 0 Å². The number of hydrazone groups is 1. The first-order chi connectivity index (χ1) is 15.9. The van der Waals surface area contributed by atoms with Gasteiger partial charge in [-0.05, 0) is 83.1 Å². The van der Waals surface area contributed by atoms with Crippen molar-refractivity contribution in [1.82, 2.24) is 4.98 Å². The van der Waals surface area contributed by atoms with Crippen LogP contribution in [0, 0.1) is 10.5 Å². The Morgan fingerprint density at radius 1 is 1.09 bits per heavy atom. The van der Waals surface area contributed by atoms with Crippen LogP contribution in [0.4, 0.5) is 5.69 Å². The summed E-state index contributed by atoms with van der Waals surface area (Å²) in [5.41, 5.74) is 5.67. The molecule has 0 bridgehead atoms. The van der Waals surface area contributed by atoms with E-state index in [1.807, 2.05) is 42.3 Å². The van der Waals surface area contributed by atoms with Gasteiger partial charge < -0.3 is 5.11 Å². The van der Waals surface area contributed by atoms with Gasteiger partial charge in [-0.1, -0.05) is 41.9 Å². The Morgan fingerprint density at radius 2 is 1.88 bits per heavy atom. The van der Waals surface area contributed by atoms with E-state index in [1.54, 1.807) is 18.2 Å². The Morgan fingerprint density at radius 3 is 2.64 bits per heavy atom. The Labute approximate surface area is 209 Å². The molecule has 1 atom stereocenters. The Hall–Kier alpha value is -2.97. The average molecular weight is 568 g/mol. The zero-order valence-electron chi connectivity index (χ0n) is 17.7. The highest BCUT2D eigenvalue weighted by atomic mass is 127. The second-order valence-corrected chi connectivity index (χ2v) is 9.64. The van der Waals surface area contributed by atoms with E-state index in [1.165, 1.54) is 0 Å². The molecule has 2 heterocycles. The van der Waals surface area contributed by atoms with Crippen molar-refractivity contribution in [3.8, 4) is 0 Å². The molecule has 1 N–H and O–H groups in total. The molecule has 5 rings (SSSR count). The maximum atomic E-state index is 11.6. The molecule has 4 aromatic rings. The van der Waals surface area contributed by atoms with Crippen molar-refractivity contribution in [2.75, 3.05) is 5.01 Å². The Kier molecular flexibility index (Phi) is 5.80. The standard InChI is InChI=1S/C26H19ClIN3O2/c1-15-5-6-17-13-21(25(27)29-22(17)11-15)24-14-23(16-7-9-19(28)10-8-16)30-31(24)20-4-2-3-18(12-20)26(32)33/h2-13,24H,14H2,1H3,(H,32,33). The molecule has 7 heteroatoms. The molecule has 0 aliphatic carbocycles. The van der Waals surface area contributed by atoms with Gasteiger partial charge in [0.15, 0.2) is 0 Å². The maximum absolute atomic E-state index is 11.6. The monoisotopic (exact) mass is 567 g/mol. The van der Waals surface area contributed by atoms with Gasteiger partial charge in [-0.3, -0.25) is 5.01 Å². The van der Waals surface area contributed by atoms with Crippen LogP contribution in [0.25, 0.3) is 10.9 Å².